The fraction of sp³-hybridized carbons (Fsp3) is 0.895. The van der Waals surface area contributed by atoms with Crippen LogP contribution in [0.2, 0.25) is 0 Å². The molecule has 1 fully saturated rings. The molecular formula is C19H39N5O2. The van der Waals surface area contributed by atoms with Crippen molar-refractivity contribution < 1.29 is 9.53 Å². The van der Waals surface area contributed by atoms with E-state index < -0.39 is 5.60 Å². The lowest BCUT2D eigenvalue weighted by atomic mass is 10.2. The van der Waals surface area contributed by atoms with Crippen molar-refractivity contribution in [3.8, 4) is 0 Å². The van der Waals surface area contributed by atoms with Crippen LogP contribution in [-0.2, 0) is 4.74 Å². The number of amides is 1. The zero-order chi connectivity index (χ0) is 19.7. The highest BCUT2D eigenvalue weighted by Crippen LogP contribution is 2.12. The molecule has 1 heterocycles. The summed E-state index contributed by atoms with van der Waals surface area (Å²) in [6.45, 7) is 16.3. The van der Waals surface area contributed by atoms with Gasteiger partial charge in [-0.2, -0.15) is 0 Å². The second-order valence-corrected chi connectivity index (χ2v) is 8.05. The van der Waals surface area contributed by atoms with Gasteiger partial charge in [0.2, 0.25) is 0 Å². The first-order chi connectivity index (χ1) is 12.2. The Hall–Kier alpha value is -1.50. The Morgan fingerprint density at radius 2 is 2.08 bits per heavy atom. The first-order valence-corrected chi connectivity index (χ1v) is 9.89. The standard InChI is InChI=1S/C19H39N5O2/c1-8-15(3)23(7)13-11-21-17(20-9-2)24-12-10-16(14-24)22-18(25)26-19(4,5)6/h15-16H,8-14H2,1-7H3,(H,20,21)(H,22,25). The van der Waals surface area contributed by atoms with Crippen LogP contribution >= 0.6 is 0 Å². The Morgan fingerprint density at radius 1 is 1.38 bits per heavy atom. The fourth-order valence-corrected chi connectivity index (χ4v) is 2.82. The molecule has 2 N–H and O–H groups in total. The molecule has 7 nitrogen and oxygen atoms in total. The zero-order valence-electron chi connectivity index (χ0n) is 17.8. The Morgan fingerprint density at radius 3 is 2.65 bits per heavy atom. The number of nitrogens with one attached hydrogen (secondary N) is 2. The molecule has 1 saturated heterocycles. The van der Waals surface area contributed by atoms with Crippen LogP contribution in [0.25, 0.3) is 0 Å². The Labute approximate surface area is 159 Å². The average molecular weight is 370 g/mol. The molecule has 0 aromatic heterocycles. The van der Waals surface area contributed by atoms with Crippen LogP contribution in [-0.4, -0.2) is 79.3 Å². The molecule has 0 radical (unpaired) electrons. The van der Waals surface area contributed by atoms with Gasteiger partial charge in [0, 0.05) is 32.2 Å². The number of likely N-dealkylation sites (N-methyl/N-ethyl adjacent to an activating group) is 1. The smallest absolute Gasteiger partial charge is 0.407 e. The number of likely N-dealkylation sites (tertiary alicyclic amines) is 1. The van der Waals surface area contributed by atoms with Gasteiger partial charge < -0.3 is 25.2 Å². The number of ether oxygens (including phenoxy) is 1. The van der Waals surface area contributed by atoms with Gasteiger partial charge in [0.25, 0.3) is 0 Å². The Kier molecular flexibility index (Phi) is 9.19. The quantitative estimate of drug-likeness (QED) is 0.532. The van der Waals surface area contributed by atoms with Gasteiger partial charge in [-0.1, -0.05) is 6.92 Å². The summed E-state index contributed by atoms with van der Waals surface area (Å²) in [5.41, 5.74) is -0.472. The van der Waals surface area contributed by atoms with Gasteiger partial charge in [-0.15, -0.1) is 0 Å². The lowest BCUT2D eigenvalue weighted by Gasteiger charge is -2.25. The Balaban J connectivity index is 2.52. The number of hydrogen-bond acceptors (Lipinski definition) is 4. The highest BCUT2D eigenvalue weighted by Gasteiger charge is 2.27. The molecule has 0 spiro atoms. The molecule has 152 valence electrons. The minimum absolute atomic E-state index is 0.0940. The predicted molar refractivity (Wildman–Crippen MR) is 108 cm³/mol. The van der Waals surface area contributed by atoms with E-state index in [9.17, 15) is 4.79 Å². The van der Waals surface area contributed by atoms with E-state index in [1.165, 1.54) is 0 Å². The molecule has 2 unspecified atom stereocenters. The molecule has 7 heteroatoms. The first-order valence-electron chi connectivity index (χ1n) is 9.89. The summed E-state index contributed by atoms with van der Waals surface area (Å²) in [5.74, 6) is 0.929. The van der Waals surface area contributed by atoms with Gasteiger partial charge in [0.1, 0.15) is 5.60 Å². The number of carbonyl (C=O) groups excluding carboxylic acids is 1. The van der Waals surface area contributed by atoms with E-state index in [1.54, 1.807) is 0 Å². The number of carbonyl (C=O) groups is 1. The van der Waals surface area contributed by atoms with Crippen molar-refractivity contribution in [1.29, 1.82) is 0 Å². The summed E-state index contributed by atoms with van der Waals surface area (Å²) in [6, 6.07) is 0.665. The fourth-order valence-electron chi connectivity index (χ4n) is 2.82. The number of alkyl carbamates (subject to hydrolysis) is 1. The molecule has 0 aliphatic carbocycles. The van der Waals surface area contributed by atoms with Crippen LogP contribution in [0.15, 0.2) is 4.99 Å². The average Bonchev–Trinajstić information content (AvgIpc) is 2.99. The van der Waals surface area contributed by atoms with Crippen LogP contribution in [0.5, 0.6) is 0 Å². The second kappa shape index (κ2) is 10.6. The third-order valence-corrected chi connectivity index (χ3v) is 4.60. The van der Waals surface area contributed by atoms with E-state index in [-0.39, 0.29) is 12.1 Å². The second-order valence-electron chi connectivity index (χ2n) is 8.05. The highest BCUT2D eigenvalue weighted by atomic mass is 16.6. The third-order valence-electron chi connectivity index (χ3n) is 4.60. The predicted octanol–water partition coefficient (Wildman–Crippen LogP) is 2.28. The number of nitrogens with zero attached hydrogens (tertiary/aromatic N) is 3. The van der Waals surface area contributed by atoms with Gasteiger partial charge in [-0.25, -0.2) is 4.79 Å². The monoisotopic (exact) mass is 369 g/mol. The molecule has 26 heavy (non-hydrogen) atoms. The van der Waals surface area contributed by atoms with Crippen molar-refractivity contribution in [3.63, 3.8) is 0 Å². The summed E-state index contributed by atoms with van der Waals surface area (Å²) in [6.07, 6.45) is 1.70. The van der Waals surface area contributed by atoms with E-state index in [0.717, 1.165) is 51.5 Å². The van der Waals surface area contributed by atoms with Crippen molar-refractivity contribution in [2.45, 2.75) is 72.1 Å². The molecule has 1 rings (SSSR count). The molecule has 1 aliphatic heterocycles. The summed E-state index contributed by atoms with van der Waals surface area (Å²) in [7, 11) is 2.15. The maximum atomic E-state index is 12.0. The normalized spacial score (nSPS) is 19.6. The molecule has 0 bridgehead atoms. The van der Waals surface area contributed by atoms with Gasteiger partial charge in [0.15, 0.2) is 5.96 Å². The van der Waals surface area contributed by atoms with Gasteiger partial charge in [0.05, 0.1) is 12.6 Å². The number of rotatable bonds is 7. The van der Waals surface area contributed by atoms with Crippen molar-refractivity contribution >= 4 is 12.1 Å². The SMILES string of the molecule is CCNC(=NCCN(C)C(C)CC)N1CCC(NC(=O)OC(C)(C)C)C1. The lowest BCUT2D eigenvalue weighted by molar-refractivity contribution is 0.0507. The van der Waals surface area contributed by atoms with Crippen molar-refractivity contribution in [1.82, 2.24) is 20.4 Å². The number of aliphatic imine (C=N–C) groups is 1. The van der Waals surface area contributed by atoms with Crippen LogP contribution in [0.4, 0.5) is 4.79 Å². The van der Waals surface area contributed by atoms with Crippen molar-refractivity contribution in [3.05, 3.63) is 0 Å². The van der Waals surface area contributed by atoms with Crippen LogP contribution in [0.1, 0.15) is 54.4 Å². The third kappa shape index (κ3) is 8.25. The van der Waals surface area contributed by atoms with E-state index in [0.29, 0.717) is 6.04 Å². The van der Waals surface area contributed by atoms with E-state index in [1.807, 2.05) is 20.8 Å². The Bertz CT molecular complexity index is 461. The lowest BCUT2D eigenvalue weighted by Crippen LogP contribution is -2.44. The maximum Gasteiger partial charge on any atom is 0.407 e. The molecular weight excluding hydrogens is 330 g/mol. The molecule has 2 atom stereocenters. The van der Waals surface area contributed by atoms with Gasteiger partial charge in [-0.05, 0) is 54.5 Å². The summed E-state index contributed by atoms with van der Waals surface area (Å²) < 4.78 is 5.35. The minimum Gasteiger partial charge on any atom is -0.444 e. The van der Waals surface area contributed by atoms with Crippen LogP contribution < -0.4 is 10.6 Å². The van der Waals surface area contributed by atoms with Crippen LogP contribution in [0, 0.1) is 0 Å². The first kappa shape index (κ1) is 22.5. The van der Waals surface area contributed by atoms with E-state index in [2.05, 4.69) is 48.3 Å². The van der Waals surface area contributed by atoms with Gasteiger partial charge in [-0.3, -0.25) is 4.99 Å². The molecule has 1 aliphatic rings. The summed E-state index contributed by atoms with van der Waals surface area (Å²) in [4.78, 5) is 21.3. The highest BCUT2D eigenvalue weighted by molar-refractivity contribution is 5.80. The molecule has 0 aromatic rings. The molecule has 0 aromatic carbocycles. The number of hydrogen-bond donors (Lipinski definition) is 2. The van der Waals surface area contributed by atoms with Crippen molar-refractivity contribution in [2.24, 2.45) is 4.99 Å². The van der Waals surface area contributed by atoms with Gasteiger partial charge >= 0.3 is 6.09 Å². The van der Waals surface area contributed by atoms with Crippen LogP contribution in [0.3, 0.4) is 0 Å². The maximum absolute atomic E-state index is 12.0. The zero-order valence-corrected chi connectivity index (χ0v) is 17.8. The minimum atomic E-state index is -0.472. The largest absolute Gasteiger partial charge is 0.444 e. The van der Waals surface area contributed by atoms with Crippen molar-refractivity contribution in [2.75, 3.05) is 39.8 Å². The summed E-state index contributed by atoms with van der Waals surface area (Å²) in [5, 5.41) is 6.33. The van der Waals surface area contributed by atoms with E-state index >= 15 is 0 Å². The summed E-state index contributed by atoms with van der Waals surface area (Å²) >= 11 is 0. The molecule has 0 saturated carbocycles. The topological polar surface area (TPSA) is 69.2 Å². The number of guanidine groups is 1. The van der Waals surface area contributed by atoms with E-state index in [4.69, 9.17) is 9.73 Å². The molecule has 1 amide bonds.